The molecule has 12 heteroatoms. The van der Waals surface area contributed by atoms with Gasteiger partial charge in [0.2, 0.25) is 0 Å². The first-order chi connectivity index (χ1) is 21.3. The number of carbonyl (C=O) groups is 3. The van der Waals surface area contributed by atoms with E-state index in [9.17, 15) is 34.8 Å². The first-order valence-electron chi connectivity index (χ1n) is 15.1. The second-order valence-electron chi connectivity index (χ2n) is 13.1. The van der Waals surface area contributed by atoms with Gasteiger partial charge < -0.3 is 40.0 Å². The van der Waals surface area contributed by atoms with Crippen molar-refractivity contribution in [2.45, 2.75) is 87.5 Å². The first-order valence-corrected chi connectivity index (χ1v) is 15.1. The van der Waals surface area contributed by atoms with E-state index in [1.54, 1.807) is 0 Å². The number of aliphatic imine (C=N–C) groups is 1. The number of ether oxygens (including phenoxy) is 3. The fraction of sp³-hybridized carbons (Fsp3) is 0.455. The lowest BCUT2D eigenvalue weighted by molar-refractivity contribution is -0.301. The maximum absolute atomic E-state index is 13.8. The quantitative estimate of drug-likeness (QED) is 0.290. The van der Waals surface area contributed by atoms with Crippen molar-refractivity contribution in [3.8, 4) is 11.5 Å². The maximum Gasteiger partial charge on any atom is 0.198 e. The Morgan fingerprint density at radius 3 is 2.62 bits per heavy atom. The third-order valence-corrected chi connectivity index (χ3v) is 10.5. The molecule has 45 heavy (non-hydrogen) atoms. The molecule has 12 nitrogen and oxygen atoms in total. The molecule has 6 aliphatic rings. The Hall–Kier alpha value is -3.94. The highest BCUT2D eigenvalue weighted by molar-refractivity contribution is 6.30. The molecule has 2 aliphatic carbocycles. The highest BCUT2D eigenvalue weighted by atomic mass is 16.7. The van der Waals surface area contributed by atoms with E-state index >= 15 is 0 Å². The lowest BCUT2D eigenvalue weighted by Crippen LogP contribution is -2.62. The molecule has 8 atom stereocenters. The molecule has 8 rings (SSSR count). The minimum absolute atomic E-state index is 0.00452. The van der Waals surface area contributed by atoms with Crippen LogP contribution >= 0.6 is 0 Å². The van der Waals surface area contributed by atoms with E-state index < -0.39 is 64.8 Å². The van der Waals surface area contributed by atoms with Crippen molar-refractivity contribution < 1.29 is 49.0 Å². The van der Waals surface area contributed by atoms with Gasteiger partial charge in [-0.05, 0) is 63.0 Å². The number of aliphatic hydroxyl groups is 2. The number of fused-ring (bicyclic) bond motifs is 8. The molecule has 0 saturated carbocycles. The molecule has 2 bridgehead atoms. The monoisotopic (exact) mass is 616 g/mol. The fourth-order valence-corrected chi connectivity index (χ4v) is 8.28. The van der Waals surface area contributed by atoms with Crippen molar-refractivity contribution >= 4 is 23.2 Å². The minimum atomic E-state index is -2.12. The van der Waals surface area contributed by atoms with E-state index in [-0.39, 0.29) is 40.2 Å². The second kappa shape index (κ2) is 9.08. The Morgan fingerprint density at radius 1 is 1.16 bits per heavy atom. The number of rotatable bonds is 3. The van der Waals surface area contributed by atoms with Gasteiger partial charge in [-0.3, -0.25) is 19.4 Å². The van der Waals surface area contributed by atoms with Gasteiger partial charge in [0.1, 0.15) is 23.4 Å². The molecule has 2 fully saturated rings. The third-order valence-electron chi connectivity index (χ3n) is 10.5. The topological polar surface area (TPSA) is 184 Å². The standard InChI is InChI=1S/C33H32N2O10/c1-13(36)33(42)14(2)43-22(10-21(33)38)44-29-18-9-17-25(26(39)16-5-4-6-20(37)24(16)27(17)40)28(41)23(18)19-12-31(29,3)45-32(19)11-15-7-8-34-30(15)35-32/h4-6,9,11,14,19,21-22,29,37-38,41-42H,7-8,10,12H2,1-3H3,(H,34,35)/t14?,19?,21?,22?,29-,31-,32?,33?/m1/s1. The summed E-state index contributed by atoms with van der Waals surface area (Å²) < 4.78 is 19.3. The van der Waals surface area contributed by atoms with Gasteiger partial charge in [0, 0.05) is 35.6 Å². The van der Waals surface area contributed by atoms with E-state index in [1.165, 1.54) is 38.1 Å². The second-order valence-corrected chi connectivity index (χ2v) is 13.1. The Morgan fingerprint density at radius 2 is 1.91 bits per heavy atom. The van der Waals surface area contributed by atoms with Crippen molar-refractivity contribution in [1.82, 2.24) is 5.32 Å². The average Bonchev–Trinajstić information content (AvgIpc) is 3.62. The SMILES string of the molecule is CC(=O)C1(O)C(O)CC(O[C@@H]2c3cc4c(c(O)c3C3C[C@@]2(C)OC32C=C3CCN=C3N2)C(=O)c2cccc(O)c2C4=O)OC1C. The van der Waals surface area contributed by atoms with Gasteiger partial charge in [0.25, 0.3) is 0 Å². The summed E-state index contributed by atoms with van der Waals surface area (Å²) in [7, 11) is 0. The van der Waals surface area contributed by atoms with E-state index in [0.717, 1.165) is 12.0 Å². The van der Waals surface area contributed by atoms with Crippen LogP contribution in [0.1, 0.15) is 95.0 Å². The molecule has 6 unspecified atom stereocenters. The number of benzene rings is 2. The van der Waals surface area contributed by atoms with Crippen molar-refractivity contribution in [2.75, 3.05) is 6.54 Å². The zero-order chi connectivity index (χ0) is 31.8. The van der Waals surface area contributed by atoms with Crippen LogP contribution in [0.5, 0.6) is 11.5 Å². The van der Waals surface area contributed by atoms with E-state index in [1.807, 2.05) is 13.0 Å². The van der Waals surface area contributed by atoms with Crippen LogP contribution in [0.25, 0.3) is 0 Å². The number of carbonyl (C=O) groups excluding carboxylic acids is 3. The number of nitrogens with one attached hydrogen (secondary N) is 1. The number of phenols is 2. The lowest BCUT2D eigenvalue weighted by atomic mass is 9.69. The van der Waals surface area contributed by atoms with Gasteiger partial charge in [0.15, 0.2) is 35.0 Å². The van der Waals surface area contributed by atoms with Crippen molar-refractivity contribution in [3.63, 3.8) is 0 Å². The Kier molecular flexibility index (Phi) is 5.75. The van der Waals surface area contributed by atoms with Gasteiger partial charge >= 0.3 is 0 Å². The molecule has 0 radical (unpaired) electrons. The van der Waals surface area contributed by atoms with Gasteiger partial charge in [-0.25, -0.2) is 0 Å². The average molecular weight is 617 g/mol. The summed E-state index contributed by atoms with van der Waals surface area (Å²) in [5.74, 6) is -2.39. The molecular weight excluding hydrogens is 584 g/mol. The normalized spacial score (nSPS) is 37.4. The van der Waals surface area contributed by atoms with Crippen molar-refractivity contribution in [3.05, 3.63) is 69.3 Å². The molecule has 234 valence electrons. The molecular formula is C33H32N2O10. The summed E-state index contributed by atoms with van der Waals surface area (Å²) in [6.07, 6.45) is -1.93. The van der Waals surface area contributed by atoms with Gasteiger partial charge in [0.05, 0.1) is 28.9 Å². The molecule has 2 aromatic carbocycles. The van der Waals surface area contributed by atoms with Crippen LogP contribution in [0.3, 0.4) is 0 Å². The zero-order valence-corrected chi connectivity index (χ0v) is 24.8. The summed E-state index contributed by atoms with van der Waals surface area (Å²) in [5.41, 5.74) is -2.98. The van der Waals surface area contributed by atoms with Crippen molar-refractivity contribution in [1.29, 1.82) is 0 Å². The lowest BCUT2D eigenvalue weighted by Gasteiger charge is -2.46. The van der Waals surface area contributed by atoms with Crippen LogP contribution in [0.15, 0.2) is 40.9 Å². The van der Waals surface area contributed by atoms with Crippen LogP contribution in [0, 0.1) is 0 Å². The first kappa shape index (κ1) is 28.5. The maximum atomic E-state index is 13.8. The predicted octanol–water partition coefficient (Wildman–Crippen LogP) is 2.05. The van der Waals surface area contributed by atoms with Crippen LogP contribution in [-0.4, -0.2) is 85.6 Å². The molecule has 4 heterocycles. The van der Waals surface area contributed by atoms with Crippen LogP contribution < -0.4 is 5.32 Å². The van der Waals surface area contributed by atoms with Crippen LogP contribution in [0.2, 0.25) is 0 Å². The highest BCUT2D eigenvalue weighted by Gasteiger charge is 2.65. The summed E-state index contributed by atoms with van der Waals surface area (Å²) in [4.78, 5) is 44.4. The summed E-state index contributed by atoms with van der Waals surface area (Å²) >= 11 is 0. The Labute approximate surface area is 257 Å². The number of aromatic hydroxyl groups is 2. The number of amidine groups is 1. The molecule has 0 amide bonds. The molecule has 0 aromatic heterocycles. The van der Waals surface area contributed by atoms with Gasteiger partial charge in [-0.1, -0.05) is 12.1 Å². The van der Waals surface area contributed by atoms with Crippen LogP contribution in [0.4, 0.5) is 0 Å². The number of aliphatic hydroxyl groups excluding tert-OH is 1. The highest BCUT2D eigenvalue weighted by Crippen LogP contribution is 2.63. The smallest absolute Gasteiger partial charge is 0.198 e. The summed E-state index contributed by atoms with van der Waals surface area (Å²) in [6.45, 7) is 5.13. The number of Topliss-reactive ketones (excluding diaryl/α,β-unsaturated/α-hetero) is 1. The number of hydrogen-bond acceptors (Lipinski definition) is 12. The van der Waals surface area contributed by atoms with Crippen LogP contribution in [-0.2, 0) is 19.0 Å². The Balaban J connectivity index is 1.29. The minimum Gasteiger partial charge on any atom is -0.507 e. The van der Waals surface area contributed by atoms with Gasteiger partial charge in [-0.2, -0.15) is 0 Å². The van der Waals surface area contributed by atoms with Crippen molar-refractivity contribution in [2.24, 2.45) is 4.99 Å². The van der Waals surface area contributed by atoms with E-state index in [2.05, 4.69) is 10.3 Å². The fourth-order valence-electron chi connectivity index (χ4n) is 8.28. The zero-order valence-electron chi connectivity index (χ0n) is 24.8. The van der Waals surface area contributed by atoms with E-state index in [4.69, 9.17) is 14.2 Å². The Bertz CT molecular complexity index is 1800. The molecule has 2 aromatic rings. The predicted molar refractivity (Wildman–Crippen MR) is 155 cm³/mol. The molecule has 1 spiro atoms. The van der Waals surface area contributed by atoms with E-state index in [0.29, 0.717) is 29.9 Å². The number of phenolic OH excluding ortho intramolecular Hbond substituents is 2. The summed E-state index contributed by atoms with van der Waals surface area (Å²) in [6, 6.07) is 5.76. The number of hydrogen-bond donors (Lipinski definition) is 5. The van der Waals surface area contributed by atoms with Gasteiger partial charge in [-0.15, -0.1) is 0 Å². The summed E-state index contributed by atoms with van der Waals surface area (Å²) in [5, 5.41) is 47.7. The largest absolute Gasteiger partial charge is 0.507 e. The number of nitrogens with zero attached hydrogens (tertiary/aromatic N) is 1. The molecule has 5 N–H and O–H groups in total. The third kappa shape index (κ3) is 3.59. The number of ketones is 3. The molecule has 4 aliphatic heterocycles. The molecule has 2 saturated heterocycles.